The SMILES string of the molecule is Cc1ccccc1Cn1c(N2CCN(Cc3ccccc3Cl)CC2)nc2c1c(=O)[nH]c(=O)n2C. The highest BCUT2D eigenvalue weighted by Gasteiger charge is 2.25. The van der Waals surface area contributed by atoms with E-state index < -0.39 is 11.2 Å². The molecule has 8 nitrogen and oxygen atoms in total. The molecule has 0 aliphatic carbocycles. The zero-order valence-electron chi connectivity index (χ0n) is 19.3. The van der Waals surface area contributed by atoms with Gasteiger partial charge in [-0.1, -0.05) is 54.1 Å². The van der Waals surface area contributed by atoms with Crippen molar-refractivity contribution in [3.63, 3.8) is 0 Å². The van der Waals surface area contributed by atoms with Crippen LogP contribution in [0.2, 0.25) is 5.02 Å². The van der Waals surface area contributed by atoms with Crippen molar-refractivity contribution in [3.8, 4) is 0 Å². The normalized spacial score (nSPS) is 14.7. The summed E-state index contributed by atoms with van der Waals surface area (Å²) in [6, 6.07) is 16.0. The minimum absolute atomic E-state index is 0.399. The monoisotopic (exact) mass is 478 g/mol. The molecule has 0 unspecified atom stereocenters. The van der Waals surface area contributed by atoms with Gasteiger partial charge in [-0.3, -0.25) is 23.8 Å². The molecule has 2 aromatic heterocycles. The molecule has 1 aliphatic heterocycles. The Balaban J connectivity index is 1.48. The van der Waals surface area contributed by atoms with Gasteiger partial charge in [0.15, 0.2) is 11.2 Å². The summed E-state index contributed by atoms with van der Waals surface area (Å²) < 4.78 is 3.35. The van der Waals surface area contributed by atoms with E-state index in [1.54, 1.807) is 7.05 Å². The van der Waals surface area contributed by atoms with E-state index in [0.717, 1.165) is 54.4 Å². The maximum atomic E-state index is 12.9. The smallest absolute Gasteiger partial charge is 0.329 e. The molecule has 3 heterocycles. The van der Waals surface area contributed by atoms with Gasteiger partial charge in [0.1, 0.15) is 0 Å². The first-order valence-electron chi connectivity index (χ1n) is 11.4. The van der Waals surface area contributed by atoms with Crippen molar-refractivity contribution in [2.24, 2.45) is 7.05 Å². The predicted molar refractivity (Wildman–Crippen MR) is 135 cm³/mol. The molecular formula is C25H27ClN6O2. The molecular weight excluding hydrogens is 452 g/mol. The number of fused-ring (bicyclic) bond motifs is 1. The first kappa shape index (κ1) is 22.4. The number of piperazine rings is 1. The zero-order chi connectivity index (χ0) is 23.8. The lowest BCUT2D eigenvalue weighted by Crippen LogP contribution is -2.47. The Morgan fingerprint density at radius 3 is 2.32 bits per heavy atom. The van der Waals surface area contributed by atoms with Gasteiger partial charge in [0.25, 0.3) is 5.56 Å². The molecule has 0 radical (unpaired) electrons. The Bertz CT molecular complexity index is 1460. The van der Waals surface area contributed by atoms with E-state index in [4.69, 9.17) is 16.6 Å². The topological polar surface area (TPSA) is 79.2 Å². The van der Waals surface area contributed by atoms with Crippen LogP contribution in [0.4, 0.5) is 5.95 Å². The summed E-state index contributed by atoms with van der Waals surface area (Å²) in [4.78, 5) is 36.9. The molecule has 0 amide bonds. The maximum Gasteiger partial charge on any atom is 0.329 e. The summed E-state index contributed by atoms with van der Waals surface area (Å²) in [5, 5.41) is 0.782. The van der Waals surface area contributed by atoms with Crippen molar-refractivity contribution in [3.05, 3.63) is 91.1 Å². The minimum atomic E-state index is -0.464. The fraction of sp³-hybridized carbons (Fsp3) is 0.320. The lowest BCUT2D eigenvalue weighted by molar-refractivity contribution is 0.248. The van der Waals surface area contributed by atoms with Crippen molar-refractivity contribution in [2.75, 3.05) is 31.1 Å². The number of H-pyrrole nitrogens is 1. The quantitative estimate of drug-likeness (QED) is 0.477. The zero-order valence-corrected chi connectivity index (χ0v) is 20.0. The van der Waals surface area contributed by atoms with Gasteiger partial charge in [0.05, 0.1) is 6.54 Å². The molecule has 0 saturated carbocycles. The highest BCUT2D eigenvalue weighted by Crippen LogP contribution is 2.24. The number of benzene rings is 2. The molecule has 0 atom stereocenters. The van der Waals surface area contributed by atoms with Gasteiger partial charge in [-0.15, -0.1) is 0 Å². The highest BCUT2D eigenvalue weighted by molar-refractivity contribution is 6.31. The predicted octanol–water partition coefficient (Wildman–Crippen LogP) is 2.76. The summed E-state index contributed by atoms with van der Waals surface area (Å²) in [5.41, 5.74) is 3.30. The summed E-state index contributed by atoms with van der Waals surface area (Å²) in [5.74, 6) is 0.711. The van der Waals surface area contributed by atoms with E-state index in [2.05, 4.69) is 39.9 Å². The Kier molecular flexibility index (Phi) is 6.02. The van der Waals surface area contributed by atoms with Gasteiger partial charge in [0.2, 0.25) is 5.95 Å². The van der Waals surface area contributed by atoms with Gasteiger partial charge >= 0.3 is 5.69 Å². The molecule has 9 heteroatoms. The first-order chi connectivity index (χ1) is 16.4. The molecule has 34 heavy (non-hydrogen) atoms. The van der Waals surface area contributed by atoms with Crippen LogP contribution in [-0.4, -0.2) is 50.2 Å². The van der Waals surface area contributed by atoms with Gasteiger partial charge < -0.3 is 4.90 Å². The van der Waals surface area contributed by atoms with E-state index in [1.165, 1.54) is 4.57 Å². The van der Waals surface area contributed by atoms with Crippen LogP contribution in [-0.2, 0) is 20.1 Å². The average Bonchev–Trinajstić information content (AvgIpc) is 3.21. The number of rotatable bonds is 5. The van der Waals surface area contributed by atoms with E-state index in [-0.39, 0.29) is 0 Å². The van der Waals surface area contributed by atoms with Crippen LogP contribution < -0.4 is 16.1 Å². The van der Waals surface area contributed by atoms with Crippen molar-refractivity contribution >= 4 is 28.7 Å². The van der Waals surface area contributed by atoms with Crippen molar-refractivity contribution < 1.29 is 0 Å². The Morgan fingerprint density at radius 2 is 1.62 bits per heavy atom. The van der Waals surface area contributed by atoms with Crippen LogP contribution in [0.1, 0.15) is 16.7 Å². The third-order valence-electron chi connectivity index (χ3n) is 6.58. The fourth-order valence-electron chi connectivity index (χ4n) is 4.55. The van der Waals surface area contributed by atoms with E-state index in [9.17, 15) is 9.59 Å². The second-order valence-electron chi connectivity index (χ2n) is 8.77. The third kappa shape index (κ3) is 4.15. The molecule has 1 N–H and O–H groups in total. The van der Waals surface area contributed by atoms with E-state index in [0.29, 0.717) is 23.7 Å². The van der Waals surface area contributed by atoms with E-state index >= 15 is 0 Å². The highest BCUT2D eigenvalue weighted by atomic mass is 35.5. The number of halogens is 1. The van der Waals surface area contributed by atoms with Crippen LogP contribution in [0.3, 0.4) is 0 Å². The summed E-state index contributed by atoms with van der Waals surface area (Å²) in [6.45, 7) is 6.55. The van der Waals surface area contributed by atoms with Crippen molar-refractivity contribution in [1.82, 2.24) is 24.0 Å². The standard InChI is InChI=1S/C25H27ClN6O2/c1-17-7-3-4-8-18(17)16-32-21-22(29(2)25(34)28-23(21)33)27-24(32)31-13-11-30(12-14-31)15-19-9-5-6-10-20(19)26/h3-10H,11-16H2,1-2H3,(H,28,33,34). The first-order valence-corrected chi connectivity index (χ1v) is 11.7. The van der Waals surface area contributed by atoms with Gasteiger partial charge in [-0.05, 0) is 29.7 Å². The van der Waals surface area contributed by atoms with Crippen LogP contribution in [0.15, 0.2) is 58.1 Å². The lowest BCUT2D eigenvalue weighted by Gasteiger charge is -2.35. The number of aromatic nitrogens is 4. The molecule has 4 aromatic rings. The van der Waals surface area contributed by atoms with Crippen LogP contribution in [0, 0.1) is 6.92 Å². The molecule has 176 valence electrons. The van der Waals surface area contributed by atoms with Crippen LogP contribution in [0.5, 0.6) is 0 Å². The number of anilines is 1. The Hall–Kier alpha value is -3.36. The summed E-state index contributed by atoms with van der Waals surface area (Å²) in [6.07, 6.45) is 0. The van der Waals surface area contributed by atoms with Gasteiger partial charge in [0, 0.05) is 44.8 Å². The molecule has 0 bridgehead atoms. The average molecular weight is 479 g/mol. The minimum Gasteiger partial charge on any atom is -0.340 e. The van der Waals surface area contributed by atoms with Gasteiger partial charge in [-0.2, -0.15) is 4.98 Å². The second-order valence-corrected chi connectivity index (χ2v) is 9.18. The maximum absolute atomic E-state index is 12.9. The third-order valence-corrected chi connectivity index (χ3v) is 6.95. The number of aryl methyl sites for hydroxylation is 2. The van der Waals surface area contributed by atoms with Gasteiger partial charge in [-0.25, -0.2) is 4.79 Å². The molecule has 0 spiro atoms. The number of hydrogen-bond acceptors (Lipinski definition) is 5. The molecule has 5 rings (SSSR count). The Labute approximate surface area is 202 Å². The second kappa shape index (κ2) is 9.12. The van der Waals surface area contributed by atoms with Crippen molar-refractivity contribution in [1.29, 1.82) is 0 Å². The molecule has 1 aliphatic rings. The largest absolute Gasteiger partial charge is 0.340 e. The number of nitrogens with one attached hydrogen (secondary N) is 1. The Morgan fingerprint density at radius 1 is 0.941 bits per heavy atom. The van der Waals surface area contributed by atoms with Crippen LogP contribution in [0.25, 0.3) is 11.2 Å². The number of aromatic amines is 1. The lowest BCUT2D eigenvalue weighted by atomic mass is 10.1. The fourth-order valence-corrected chi connectivity index (χ4v) is 4.74. The molecule has 1 saturated heterocycles. The number of hydrogen-bond donors (Lipinski definition) is 1. The molecule has 1 fully saturated rings. The number of imidazole rings is 1. The summed E-state index contributed by atoms with van der Waals surface area (Å²) >= 11 is 6.36. The molecule has 2 aromatic carbocycles. The summed E-state index contributed by atoms with van der Waals surface area (Å²) in [7, 11) is 1.64. The van der Waals surface area contributed by atoms with Crippen LogP contribution >= 0.6 is 11.6 Å². The van der Waals surface area contributed by atoms with Crippen molar-refractivity contribution in [2.45, 2.75) is 20.0 Å². The number of nitrogens with zero attached hydrogens (tertiary/aromatic N) is 5. The van der Waals surface area contributed by atoms with E-state index in [1.807, 2.05) is 34.9 Å².